The Labute approximate surface area is 140 Å². The van der Waals surface area contributed by atoms with Crippen molar-refractivity contribution in [3.63, 3.8) is 0 Å². The zero-order valence-electron chi connectivity index (χ0n) is 13.1. The molecular formula is C21H16N2O. The van der Waals surface area contributed by atoms with E-state index in [2.05, 4.69) is 4.98 Å². The molecule has 116 valence electrons. The SMILES string of the molecule is O=C1/C(=C\c2ccccc2)c2ncccc2N1Cc1ccccc1. The van der Waals surface area contributed by atoms with Crippen LogP contribution in [0.3, 0.4) is 0 Å². The third kappa shape index (κ3) is 2.61. The summed E-state index contributed by atoms with van der Waals surface area (Å²) in [6, 6.07) is 23.7. The number of hydrogen-bond donors (Lipinski definition) is 0. The smallest absolute Gasteiger partial charge is 0.260 e. The largest absolute Gasteiger partial charge is 0.302 e. The van der Waals surface area contributed by atoms with E-state index in [9.17, 15) is 4.79 Å². The van der Waals surface area contributed by atoms with E-state index in [0.717, 1.165) is 22.5 Å². The van der Waals surface area contributed by atoms with E-state index in [4.69, 9.17) is 0 Å². The van der Waals surface area contributed by atoms with Crippen LogP contribution in [0.1, 0.15) is 16.8 Å². The summed E-state index contributed by atoms with van der Waals surface area (Å²) in [6.45, 7) is 0.546. The fraction of sp³-hybridized carbons (Fsp3) is 0.0476. The fourth-order valence-electron chi connectivity index (χ4n) is 2.95. The van der Waals surface area contributed by atoms with E-state index >= 15 is 0 Å². The normalized spacial score (nSPS) is 14.9. The van der Waals surface area contributed by atoms with Gasteiger partial charge in [0.1, 0.15) is 0 Å². The Morgan fingerprint density at radius 1 is 0.875 bits per heavy atom. The van der Waals surface area contributed by atoms with Gasteiger partial charge in [-0.2, -0.15) is 0 Å². The minimum atomic E-state index is -0.00333. The Balaban J connectivity index is 1.76. The molecule has 1 aliphatic heterocycles. The molecule has 0 N–H and O–H groups in total. The molecule has 0 spiro atoms. The van der Waals surface area contributed by atoms with Crippen LogP contribution in [-0.4, -0.2) is 10.9 Å². The minimum Gasteiger partial charge on any atom is -0.302 e. The van der Waals surface area contributed by atoms with Gasteiger partial charge in [0.25, 0.3) is 5.91 Å². The highest BCUT2D eigenvalue weighted by Crippen LogP contribution is 2.36. The molecule has 3 nitrogen and oxygen atoms in total. The molecule has 0 atom stereocenters. The fourth-order valence-corrected chi connectivity index (χ4v) is 2.95. The van der Waals surface area contributed by atoms with Crippen LogP contribution in [-0.2, 0) is 11.3 Å². The van der Waals surface area contributed by atoms with Crippen molar-refractivity contribution in [2.75, 3.05) is 4.90 Å². The van der Waals surface area contributed by atoms with Gasteiger partial charge in [0, 0.05) is 6.20 Å². The zero-order valence-corrected chi connectivity index (χ0v) is 13.1. The molecule has 3 heteroatoms. The number of benzene rings is 2. The molecule has 0 saturated carbocycles. The topological polar surface area (TPSA) is 33.2 Å². The summed E-state index contributed by atoms with van der Waals surface area (Å²) < 4.78 is 0. The molecule has 0 radical (unpaired) electrons. The molecule has 0 saturated heterocycles. The van der Waals surface area contributed by atoms with Crippen molar-refractivity contribution >= 4 is 23.2 Å². The molecule has 0 aliphatic carbocycles. The maximum absolute atomic E-state index is 13.0. The number of anilines is 1. The van der Waals surface area contributed by atoms with Crippen molar-refractivity contribution in [2.24, 2.45) is 0 Å². The van der Waals surface area contributed by atoms with Crippen molar-refractivity contribution in [2.45, 2.75) is 6.54 Å². The van der Waals surface area contributed by atoms with E-state index < -0.39 is 0 Å². The Kier molecular flexibility index (Phi) is 3.67. The standard InChI is InChI=1S/C21H16N2O/c24-21-18(14-16-8-3-1-4-9-16)20-19(12-7-13-22-20)23(21)15-17-10-5-2-6-11-17/h1-14H,15H2/b18-14-. The van der Waals surface area contributed by atoms with Gasteiger partial charge in [0.15, 0.2) is 0 Å². The maximum atomic E-state index is 13.0. The van der Waals surface area contributed by atoms with E-state index in [0.29, 0.717) is 12.1 Å². The molecule has 0 unspecified atom stereocenters. The average Bonchev–Trinajstić information content (AvgIpc) is 2.90. The third-order valence-electron chi connectivity index (χ3n) is 4.10. The molecule has 4 rings (SSSR count). The molecule has 1 aromatic heterocycles. The van der Waals surface area contributed by atoms with Crippen LogP contribution in [0.4, 0.5) is 5.69 Å². The molecule has 3 aromatic rings. The van der Waals surface area contributed by atoms with E-state index in [1.807, 2.05) is 78.9 Å². The number of rotatable bonds is 3. The number of carbonyl (C=O) groups excluding carboxylic acids is 1. The second-order valence-corrected chi connectivity index (χ2v) is 5.72. The number of hydrogen-bond acceptors (Lipinski definition) is 2. The highest BCUT2D eigenvalue weighted by molar-refractivity contribution is 6.35. The third-order valence-corrected chi connectivity index (χ3v) is 4.10. The van der Waals surface area contributed by atoms with Gasteiger partial charge in [0.05, 0.1) is 23.5 Å². The predicted octanol–water partition coefficient (Wildman–Crippen LogP) is 4.17. The quantitative estimate of drug-likeness (QED) is 0.680. The van der Waals surface area contributed by atoms with Crippen molar-refractivity contribution in [3.05, 3.63) is 95.8 Å². The molecule has 2 aromatic carbocycles. The Morgan fingerprint density at radius 2 is 1.58 bits per heavy atom. The van der Waals surface area contributed by atoms with Crippen molar-refractivity contribution in [1.29, 1.82) is 0 Å². The van der Waals surface area contributed by atoms with Crippen molar-refractivity contribution < 1.29 is 4.79 Å². The lowest BCUT2D eigenvalue weighted by atomic mass is 10.1. The lowest BCUT2D eigenvalue weighted by molar-refractivity contribution is -0.113. The number of carbonyl (C=O) groups is 1. The van der Waals surface area contributed by atoms with Crippen LogP contribution in [0, 0.1) is 0 Å². The number of nitrogens with zero attached hydrogens (tertiary/aromatic N) is 2. The van der Waals surface area contributed by atoms with E-state index in [1.54, 1.807) is 11.1 Å². The van der Waals surface area contributed by atoms with Crippen molar-refractivity contribution in [3.8, 4) is 0 Å². The Hall–Kier alpha value is -3.20. The van der Waals surface area contributed by atoms with Crippen LogP contribution in [0.15, 0.2) is 79.0 Å². The van der Waals surface area contributed by atoms with Gasteiger partial charge in [-0.25, -0.2) is 0 Å². The summed E-state index contributed by atoms with van der Waals surface area (Å²) in [5.41, 5.74) is 4.36. The molecule has 1 amide bonds. The average molecular weight is 312 g/mol. The number of amides is 1. The molecule has 1 aliphatic rings. The van der Waals surface area contributed by atoms with Crippen LogP contribution in [0.25, 0.3) is 11.6 Å². The van der Waals surface area contributed by atoms with Gasteiger partial charge in [0.2, 0.25) is 0 Å². The summed E-state index contributed by atoms with van der Waals surface area (Å²) in [4.78, 5) is 19.2. The summed E-state index contributed by atoms with van der Waals surface area (Å²) in [5.74, 6) is -0.00333. The monoisotopic (exact) mass is 312 g/mol. The van der Waals surface area contributed by atoms with E-state index in [-0.39, 0.29) is 5.91 Å². The highest BCUT2D eigenvalue weighted by atomic mass is 16.2. The van der Waals surface area contributed by atoms with Crippen molar-refractivity contribution in [1.82, 2.24) is 4.98 Å². The predicted molar refractivity (Wildman–Crippen MR) is 96.2 cm³/mol. The van der Waals surface area contributed by atoms with Crippen LogP contribution >= 0.6 is 0 Å². The van der Waals surface area contributed by atoms with Crippen LogP contribution in [0.2, 0.25) is 0 Å². The molecule has 2 heterocycles. The first-order valence-electron chi connectivity index (χ1n) is 7.91. The summed E-state index contributed by atoms with van der Waals surface area (Å²) in [5, 5.41) is 0. The highest BCUT2D eigenvalue weighted by Gasteiger charge is 2.33. The maximum Gasteiger partial charge on any atom is 0.260 e. The van der Waals surface area contributed by atoms with Crippen LogP contribution < -0.4 is 4.90 Å². The summed E-state index contributed by atoms with van der Waals surface area (Å²) in [6.07, 6.45) is 3.65. The zero-order chi connectivity index (χ0) is 16.4. The first-order valence-corrected chi connectivity index (χ1v) is 7.91. The van der Waals surface area contributed by atoms with Gasteiger partial charge >= 0.3 is 0 Å². The minimum absolute atomic E-state index is 0.00333. The second-order valence-electron chi connectivity index (χ2n) is 5.72. The molecular weight excluding hydrogens is 296 g/mol. The first kappa shape index (κ1) is 14.4. The van der Waals surface area contributed by atoms with Crippen LogP contribution in [0.5, 0.6) is 0 Å². The van der Waals surface area contributed by atoms with E-state index in [1.165, 1.54) is 0 Å². The number of pyridine rings is 1. The number of aromatic nitrogens is 1. The second kappa shape index (κ2) is 6.13. The molecule has 24 heavy (non-hydrogen) atoms. The molecule has 0 bridgehead atoms. The number of fused-ring (bicyclic) bond motifs is 1. The van der Waals surface area contributed by atoms with Gasteiger partial charge < -0.3 is 4.90 Å². The Bertz CT molecular complexity index is 901. The molecule has 0 fully saturated rings. The summed E-state index contributed by atoms with van der Waals surface area (Å²) >= 11 is 0. The Morgan fingerprint density at radius 3 is 2.33 bits per heavy atom. The summed E-state index contributed by atoms with van der Waals surface area (Å²) in [7, 11) is 0. The lowest BCUT2D eigenvalue weighted by Crippen LogP contribution is -2.25. The van der Waals surface area contributed by atoms with Gasteiger partial charge in [-0.05, 0) is 29.3 Å². The van der Waals surface area contributed by atoms with Gasteiger partial charge in [-0.1, -0.05) is 60.7 Å². The van der Waals surface area contributed by atoms with Gasteiger partial charge in [-0.15, -0.1) is 0 Å². The van der Waals surface area contributed by atoms with Gasteiger partial charge in [-0.3, -0.25) is 9.78 Å². The lowest BCUT2D eigenvalue weighted by Gasteiger charge is -2.16. The first-order chi connectivity index (χ1) is 11.8.